The zero-order valence-electron chi connectivity index (χ0n) is 11.8. The average molecular weight is 349 g/mol. The summed E-state index contributed by atoms with van der Waals surface area (Å²) in [7, 11) is 0. The van der Waals surface area contributed by atoms with Gasteiger partial charge in [0.25, 0.3) is 0 Å². The molecule has 0 atom stereocenters. The number of phenols is 1. The standard InChI is InChI=1S/C20H13BrO/c21-14-9-10-20(22)19(12-14)18-11-13-5-1-2-6-15(13)16-7-3-4-8-17(16)18/h1-12,22H. The molecular weight excluding hydrogens is 336 g/mol. The van der Waals surface area contributed by atoms with Crippen LogP contribution in [0, 0.1) is 0 Å². The third-order valence-electron chi connectivity index (χ3n) is 4.02. The molecule has 0 amide bonds. The lowest BCUT2D eigenvalue weighted by Crippen LogP contribution is -1.85. The number of hydrogen-bond donors (Lipinski definition) is 1. The molecule has 0 unspecified atom stereocenters. The first-order valence-corrected chi connectivity index (χ1v) is 7.93. The Morgan fingerprint density at radius 3 is 2.14 bits per heavy atom. The van der Waals surface area contributed by atoms with E-state index in [0.717, 1.165) is 21.0 Å². The summed E-state index contributed by atoms with van der Waals surface area (Å²) in [6, 6.07) is 24.4. The van der Waals surface area contributed by atoms with Crippen LogP contribution in [0.3, 0.4) is 0 Å². The van der Waals surface area contributed by atoms with Gasteiger partial charge in [0, 0.05) is 10.0 Å². The Labute approximate surface area is 137 Å². The number of aromatic hydroxyl groups is 1. The topological polar surface area (TPSA) is 20.2 Å². The van der Waals surface area contributed by atoms with Gasteiger partial charge in [-0.1, -0.05) is 64.5 Å². The normalized spacial score (nSPS) is 11.1. The molecule has 0 saturated carbocycles. The van der Waals surface area contributed by atoms with Gasteiger partial charge in [0.1, 0.15) is 5.75 Å². The summed E-state index contributed by atoms with van der Waals surface area (Å²) < 4.78 is 0.956. The Bertz CT molecular complexity index is 1000. The van der Waals surface area contributed by atoms with Gasteiger partial charge in [0.15, 0.2) is 0 Å². The summed E-state index contributed by atoms with van der Waals surface area (Å²) in [6.45, 7) is 0. The van der Waals surface area contributed by atoms with Crippen LogP contribution < -0.4 is 0 Å². The van der Waals surface area contributed by atoms with Gasteiger partial charge in [0.2, 0.25) is 0 Å². The smallest absolute Gasteiger partial charge is 0.123 e. The number of rotatable bonds is 1. The molecule has 106 valence electrons. The van der Waals surface area contributed by atoms with E-state index in [-0.39, 0.29) is 0 Å². The van der Waals surface area contributed by atoms with Crippen LogP contribution in [0.5, 0.6) is 5.75 Å². The first-order valence-electron chi connectivity index (χ1n) is 7.13. The number of hydrogen-bond acceptors (Lipinski definition) is 1. The third kappa shape index (κ3) is 2.08. The third-order valence-corrected chi connectivity index (χ3v) is 4.51. The highest BCUT2D eigenvalue weighted by Crippen LogP contribution is 2.39. The number of phenolic OH excluding ortho intramolecular Hbond substituents is 1. The molecule has 4 aromatic carbocycles. The SMILES string of the molecule is Oc1ccc(Br)cc1-c1cc2ccccc2c2ccccc12. The van der Waals surface area contributed by atoms with Crippen LogP contribution >= 0.6 is 15.9 Å². The molecule has 4 rings (SSSR count). The fraction of sp³-hybridized carbons (Fsp3) is 0. The predicted molar refractivity (Wildman–Crippen MR) is 96.3 cm³/mol. The van der Waals surface area contributed by atoms with Gasteiger partial charge in [0.05, 0.1) is 0 Å². The maximum absolute atomic E-state index is 10.3. The largest absolute Gasteiger partial charge is 0.507 e. The van der Waals surface area contributed by atoms with Gasteiger partial charge in [-0.25, -0.2) is 0 Å². The second-order valence-corrected chi connectivity index (χ2v) is 6.27. The fourth-order valence-electron chi connectivity index (χ4n) is 3.00. The molecule has 0 aromatic heterocycles. The van der Waals surface area contributed by atoms with Crippen molar-refractivity contribution in [3.05, 3.63) is 77.3 Å². The van der Waals surface area contributed by atoms with E-state index in [9.17, 15) is 5.11 Å². The van der Waals surface area contributed by atoms with Crippen LogP contribution in [-0.2, 0) is 0 Å². The van der Waals surface area contributed by atoms with Crippen LogP contribution in [0.2, 0.25) is 0 Å². The molecule has 0 spiro atoms. The molecule has 0 saturated heterocycles. The summed E-state index contributed by atoms with van der Waals surface area (Å²) >= 11 is 3.50. The summed E-state index contributed by atoms with van der Waals surface area (Å²) in [4.78, 5) is 0. The Morgan fingerprint density at radius 1 is 0.636 bits per heavy atom. The highest BCUT2D eigenvalue weighted by atomic mass is 79.9. The van der Waals surface area contributed by atoms with Crippen molar-refractivity contribution in [2.45, 2.75) is 0 Å². The zero-order valence-corrected chi connectivity index (χ0v) is 13.3. The molecule has 0 fully saturated rings. The molecule has 0 radical (unpaired) electrons. The van der Waals surface area contributed by atoms with Crippen molar-refractivity contribution in [2.75, 3.05) is 0 Å². The molecule has 0 aliphatic heterocycles. The second-order valence-electron chi connectivity index (χ2n) is 5.35. The highest BCUT2D eigenvalue weighted by Gasteiger charge is 2.11. The minimum atomic E-state index is 0.295. The maximum atomic E-state index is 10.3. The first kappa shape index (κ1) is 13.4. The zero-order chi connectivity index (χ0) is 15.1. The Balaban J connectivity index is 2.18. The van der Waals surface area contributed by atoms with Crippen molar-refractivity contribution in [1.29, 1.82) is 0 Å². The van der Waals surface area contributed by atoms with Crippen molar-refractivity contribution in [1.82, 2.24) is 0 Å². The Kier molecular flexibility index (Phi) is 3.12. The van der Waals surface area contributed by atoms with E-state index in [1.165, 1.54) is 16.2 Å². The monoisotopic (exact) mass is 348 g/mol. The average Bonchev–Trinajstić information content (AvgIpc) is 2.56. The Hall–Kier alpha value is -2.32. The van der Waals surface area contributed by atoms with Gasteiger partial charge in [-0.05, 0) is 51.4 Å². The lowest BCUT2D eigenvalue weighted by molar-refractivity contribution is 0.477. The first-order chi connectivity index (χ1) is 10.7. The minimum absolute atomic E-state index is 0.295. The molecule has 1 nitrogen and oxygen atoms in total. The van der Waals surface area contributed by atoms with Crippen LogP contribution in [0.25, 0.3) is 32.7 Å². The van der Waals surface area contributed by atoms with Crippen molar-refractivity contribution in [3.8, 4) is 16.9 Å². The highest BCUT2D eigenvalue weighted by molar-refractivity contribution is 9.10. The van der Waals surface area contributed by atoms with Crippen molar-refractivity contribution in [3.63, 3.8) is 0 Å². The predicted octanol–water partition coefficient (Wildman–Crippen LogP) is 6.13. The van der Waals surface area contributed by atoms with E-state index < -0.39 is 0 Å². The molecule has 2 heteroatoms. The summed E-state index contributed by atoms with van der Waals surface area (Å²) in [5, 5.41) is 15.1. The van der Waals surface area contributed by atoms with Gasteiger partial charge in [-0.3, -0.25) is 0 Å². The minimum Gasteiger partial charge on any atom is -0.507 e. The van der Waals surface area contributed by atoms with Gasteiger partial charge in [-0.15, -0.1) is 0 Å². The fourth-order valence-corrected chi connectivity index (χ4v) is 3.36. The molecule has 1 N–H and O–H groups in total. The van der Waals surface area contributed by atoms with Crippen LogP contribution in [-0.4, -0.2) is 5.11 Å². The van der Waals surface area contributed by atoms with Crippen LogP contribution in [0.1, 0.15) is 0 Å². The Morgan fingerprint density at radius 2 is 1.32 bits per heavy atom. The van der Waals surface area contributed by atoms with Crippen molar-refractivity contribution >= 4 is 37.5 Å². The van der Waals surface area contributed by atoms with Crippen LogP contribution in [0.4, 0.5) is 0 Å². The van der Waals surface area contributed by atoms with E-state index >= 15 is 0 Å². The van der Waals surface area contributed by atoms with E-state index in [2.05, 4.69) is 58.4 Å². The van der Waals surface area contributed by atoms with E-state index in [1.54, 1.807) is 6.07 Å². The van der Waals surface area contributed by atoms with E-state index in [0.29, 0.717) is 5.75 Å². The number of benzene rings is 4. The van der Waals surface area contributed by atoms with Crippen LogP contribution in [0.15, 0.2) is 77.3 Å². The van der Waals surface area contributed by atoms with Crippen molar-refractivity contribution in [2.24, 2.45) is 0 Å². The van der Waals surface area contributed by atoms with E-state index in [4.69, 9.17) is 0 Å². The summed E-state index contributed by atoms with van der Waals surface area (Å²) in [6.07, 6.45) is 0. The molecule has 0 bridgehead atoms. The van der Waals surface area contributed by atoms with Gasteiger partial charge in [-0.2, -0.15) is 0 Å². The summed E-state index contributed by atoms with van der Waals surface area (Å²) in [5.74, 6) is 0.295. The quantitative estimate of drug-likeness (QED) is 0.410. The number of halogens is 1. The van der Waals surface area contributed by atoms with Gasteiger partial charge >= 0.3 is 0 Å². The van der Waals surface area contributed by atoms with E-state index in [1.807, 2.05) is 24.3 Å². The second kappa shape index (κ2) is 5.15. The molecule has 0 aliphatic rings. The molecule has 4 aromatic rings. The number of fused-ring (bicyclic) bond motifs is 3. The van der Waals surface area contributed by atoms with Crippen molar-refractivity contribution < 1.29 is 5.11 Å². The lowest BCUT2D eigenvalue weighted by Gasteiger charge is -2.12. The molecule has 0 heterocycles. The molecule has 0 aliphatic carbocycles. The summed E-state index contributed by atoms with van der Waals surface area (Å²) in [5.41, 5.74) is 1.89. The maximum Gasteiger partial charge on any atom is 0.123 e. The lowest BCUT2D eigenvalue weighted by atomic mass is 9.93. The van der Waals surface area contributed by atoms with Gasteiger partial charge < -0.3 is 5.11 Å². The molecular formula is C20H13BrO. The molecule has 22 heavy (non-hydrogen) atoms.